The van der Waals surface area contributed by atoms with Gasteiger partial charge >= 0.3 is 6.18 Å². The number of rotatable bonds is 2. The molecule has 21 heavy (non-hydrogen) atoms. The highest BCUT2D eigenvalue weighted by Gasteiger charge is 2.36. The molecule has 1 aliphatic rings. The fourth-order valence-electron chi connectivity index (χ4n) is 2.29. The number of piperazine rings is 1. The molecule has 2 heterocycles. The Bertz CT molecular complexity index is 515. The van der Waals surface area contributed by atoms with Gasteiger partial charge in [0.2, 0.25) is 5.95 Å². The second-order valence-corrected chi connectivity index (χ2v) is 5.84. The van der Waals surface area contributed by atoms with E-state index in [1.54, 1.807) is 0 Å². The zero-order valence-electron chi connectivity index (χ0n) is 12.6. The van der Waals surface area contributed by atoms with Gasteiger partial charge in [0.1, 0.15) is 5.82 Å². The molecule has 5 nitrogen and oxygen atoms in total. The van der Waals surface area contributed by atoms with Crippen LogP contribution in [0.1, 0.15) is 19.5 Å². The topological polar surface area (TPSA) is 44.3 Å². The van der Waals surface area contributed by atoms with Crippen LogP contribution in [0.15, 0.2) is 6.07 Å². The number of alkyl halides is 3. The van der Waals surface area contributed by atoms with E-state index in [-0.39, 0.29) is 11.5 Å². The van der Waals surface area contributed by atoms with E-state index in [0.717, 1.165) is 12.6 Å². The molecule has 1 N–H and O–H groups in total. The second-order valence-electron chi connectivity index (χ2n) is 5.84. The van der Waals surface area contributed by atoms with Crippen molar-refractivity contribution in [3.63, 3.8) is 0 Å². The van der Waals surface area contributed by atoms with Crippen LogP contribution in [-0.2, 0) is 6.18 Å². The minimum absolute atomic E-state index is 0.0171. The van der Waals surface area contributed by atoms with Gasteiger partial charge in [0.05, 0.1) is 0 Å². The molecule has 0 spiro atoms. The molecule has 1 aliphatic heterocycles. The lowest BCUT2D eigenvalue weighted by atomic mass is 10.00. The van der Waals surface area contributed by atoms with Crippen molar-refractivity contribution in [3.05, 3.63) is 11.8 Å². The summed E-state index contributed by atoms with van der Waals surface area (Å²) in [5, 5.41) is 2.59. The quantitative estimate of drug-likeness (QED) is 0.906. The van der Waals surface area contributed by atoms with Crippen LogP contribution in [-0.4, -0.2) is 54.1 Å². The van der Waals surface area contributed by atoms with E-state index in [4.69, 9.17) is 0 Å². The number of nitrogens with one attached hydrogen (secondary N) is 1. The number of hydrogen-bond acceptors (Lipinski definition) is 5. The highest BCUT2D eigenvalue weighted by atomic mass is 19.4. The molecule has 0 aliphatic carbocycles. The lowest BCUT2D eigenvalue weighted by molar-refractivity contribution is -0.141. The van der Waals surface area contributed by atoms with E-state index in [1.807, 2.05) is 11.9 Å². The molecule has 0 radical (unpaired) electrons. The summed E-state index contributed by atoms with van der Waals surface area (Å²) < 4.78 is 38.8. The van der Waals surface area contributed by atoms with Gasteiger partial charge in [-0.2, -0.15) is 18.2 Å². The lowest BCUT2D eigenvalue weighted by Gasteiger charge is -2.45. The normalized spacial score (nSPS) is 19.7. The van der Waals surface area contributed by atoms with Gasteiger partial charge < -0.3 is 10.2 Å². The van der Waals surface area contributed by atoms with Crippen molar-refractivity contribution in [2.45, 2.75) is 25.6 Å². The Hall–Kier alpha value is -1.57. The van der Waals surface area contributed by atoms with Crippen molar-refractivity contribution < 1.29 is 13.2 Å². The van der Waals surface area contributed by atoms with Gasteiger partial charge in [0.25, 0.3) is 0 Å². The first kappa shape index (κ1) is 15.8. The number of halogens is 3. The van der Waals surface area contributed by atoms with Crippen LogP contribution in [0.25, 0.3) is 0 Å². The van der Waals surface area contributed by atoms with Gasteiger partial charge in [-0.3, -0.25) is 4.90 Å². The van der Waals surface area contributed by atoms with Crippen LogP contribution >= 0.6 is 0 Å². The third kappa shape index (κ3) is 3.37. The SMILES string of the molecule is CNc1nc(N2CCN(C)C(C)(C)C2)cc(C(F)(F)F)n1. The molecule has 2 rings (SSSR count). The molecule has 1 fully saturated rings. The Labute approximate surface area is 122 Å². The monoisotopic (exact) mass is 303 g/mol. The largest absolute Gasteiger partial charge is 0.433 e. The molecule has 8 heteroatoms. The lowest BCUT2D eigenvalue weighted by Crippen LogP contribution is -2.58. The molecule has 0 bridgehead atoms. The van der Waals surface area contributed by atoms with Crippen molar-refractivity contribution >= 4 is 11.8 Å². The molecule has 1 aromatic heterocycles. The number of aromatic nitrogens is 2. The first-order valence-electron chi connectivity index (χ1n) is 6.74. The Morgan fingerprint density at radius 2 is 1.90 bits per heavy atom. The first-order chi connectivity index (χ1) is 9.63. The summed E-state index contributed by atoms with van der Waals surface area (Å²) in [5.74, 6) is 0.291. The molecule has 0 unspecified atom stereocenters. The highest BCUT2D eigenvalue weighted by molar-refractivity contribution is 5.46. The predicted molar refractivity (Wildman–Crippen MR) is 75.5 cm³/mol. The van der Waals surface area contributed by atoms with Crippen LogP contribution in [0.2, 0.25) is 0 Å². The van der Waals surface area contributed by atoms with Crippen molar-refractivity contribution in [1.29, 1.82) is 0 Å². The van der Waals surface area contributed by atoms with Gasteiger partial charge in [-0.25, -0.2) is 4.98 Å². The van der Waals surface area contributed by atoms with Crippen molar-refractivity contribution in [2.24, 2.45) is 0 Å². The summed E-state index contributed by atoms with van der Waals surface area (Å²) in [4.78, 5) is 11.7. The molecular weight excluding hydrogens is 283 g/mol. The van der Waals surface area contributed by atoms with E-state index in [2.05, 4.69) is 34.0 Å². The third-order valence-electron chi connectivity index (χ3n) is 3.87. The Morgan fingerprint density at radius 1 is 1.24 bits per heavy atom. The van der Waals surface area contributed by atoms with Gasteiger partial charge in [-0.05, 0) is 20.9 Å². The van der Waals surface area contributed by atoms with Crippen molar-refractivity contribution in [2.75, 3.05) is 43.9 Å². The molecule has 118 valence electrons. The minimum Gasteiger partial charge on any atom is -0.357 e. The van der Waals surface area contributed by atoms with Gasteiger partial charge in [0, 0.05) is 38.3 Å². The van der Waals surface area contributed by atoms with Gasteiger partial charge in [-0.1, -0.05) is 0 Å². The molecule has 0 aromatic carbocycles. The number of nitrogens with zero attached hydrogens (tertiary/aromatic N) is 4. The van der Waals surface area contributed by atoms with Crippen LogP contribution < -0.4 is 10.2 Å². The zero-order chi connectivity index (χ0) is 15.8. The molecule has 0 atom stereocenters. The summed E-state index contributed by atoms with van der Waals surface area (Å²) in [5.41, 5.74) is -1.05. The van der Waals surface area contributed by atoms with Gasteiger partial charge in [-0.15, -0.1) is 0 Å². The first-order valence-corrected chi connectivity index (χ1v) is 6.74. The fourth-order valence-corrected chi connectivity index (χ4v) is 2.29. The van der Waals surface area contributed by atoms with E-state index in [1.165, 1.54) is 7.05 Å². The number of anilines is 2. The molecule has 1 saturated heterocycles. The third-order valence-corrected chi connectivity index (χ3v) is 3.87. The number of likely N-dealkylation sites (N-methyl/N-ethyl adjacent to an activating group) is 1. The minimum atomic E-state index is -4.48. The van der Waals surface area contributed by atoms with E-state index >= 15 is 0 Å². The summed E-state index contributed by atoms with van der Waals surface area (Å²) in [7, 11) is 3.52. The fraction of sp³-hybridized carbons (Fsp3) is 0.692. The molecule has 1 aromatic rings. The summed E-state index contributed by atoms with van der Waals surface area (Å²) in [6.45, 7) is 6.14. The van der Waals surface area contributed by atoms with Crippen LogP contribution in [0, 0.1) is 0 Å². The van der Waals surface area contributed by atoms with Crippen LogP contribution in [0.4, 0.5) is 24.9 Å². The average Bonchev–Trinajstić information content (AvgIpc) is 2.40. The zero-order valence-corrected chi connectivity index (χ0v) is 12.6. The predicted octanol–water partition coefficient (Wildman–Crippen LogP) is 2.07. The molecular formula is C13H20F3N5. The Kier molecular flexibility index (Phi) is 4.01. The van der Waals surface area contributed by atoms with Crippen LogP contribution in [0.3, 0.4) is 0 Å². The van der Waals surface area contributed by atoms with E-state index in [9.17, 15) is 13.2 Å². The van der Waals surface area contributed by atoms with Crippen LogP contribution in [0.5, 0.6) is 0 Å². The highest BCUT2D eigenvalue weighted by Crippen LogP contribution is 2.31. The maximum absolute atomic E-state index is 12.9. The maximum atomic E-state index is 12.9. The Morgan fingerprint density at radius 3 is 2.43 bits per heavy atom. The average molecular weight is 303 g/mol. The Balaban J connectivity index is 2.35. The van der Waals surface area contributed by atoms with Crippen molar-refractivity contribution in [3.8, 4) is 0 Å². The van der Waals surface area contributed by atoms with Gasteiger partial charge in [0.15, 0.2) is 5.69 Å². The summed E-state index contributed by atoms with van der Waals surface area (Å²) in [6.07, 6.45) is -4.48. The number of hydrogen-bond donors (Lipinski definition) is 1. The second kappa shape index (κ2) is 5.32. The summed E-state index contributed by atoms with van der Waals surface area (Å²) >= 11 is 0. The van der Waals surface area contributed by atoms with E-state index < -0.39 is 11.9 Å². The maximum Gasteiger partial charge on any atom is 0.433 e. The van der Waals surface area contributed by atoms with E-state index in [0.29, 0.717) is 18.9 Å². The molecule has 0 saturated carbocycles. The standard InChI is InChI=1S/C13H20F3N5/c1-12(2)8-21(6-5-20(12)4)10-7-9(13(14,15)16)18-11(17-3)19-10/h7H,5-6,8H2,1-4H3,(H,17,18,19). The smallest absolute Gasteiger partial charge is 0.357 e. The van der Waals surface area contributed by atoms with Crippen molar-refractivity contribution in [1.82, 2.24) is 14.9 Å². The molecule has 0 amide bonds. The summed E-state index contributed by atoms with van der Waals surface area (Å²) in [6, 6.07) is 1.02.